The number of benzene rings is 2. The molecule has 4 rings (SSSR count). The molecular weight excluding hydrogens is 364 g/mol. The number of aromatic nitrogens is 2. The molecule has 0 aliphatic heterocycles. The predicted octanol–water partition coefficient (Wildman–Crippen LogP) is 4.53. The number of nitrogens with zero attached hydrogens (tertiary/aromatic N) is 1. The minimum Gasteiger partial charge on any atom is -0.497 e. The van der Waals surface area contributed by atoms with Gasteiger partial charge in [-0.25, -0.2) is 4.79 Å². The van der Waals surface area contributed by atoms with Gasteiger partial charge >= 0.3 is 6.03 Å². The lowest BCUT2D eigenvalue weighted by atomic mass is 9.92. The molecule has 1 unspecified atom stereocenters. The van der Waals surface area contributed by atoms with Gasteiger partial charge in [-0.2, -0.15) is 0 Å². The number of hydrogen-bond acceptors (Lipinski definition) is 3. The molecule has 2 aromatic heterocycles. The average Bonchev–Trinajstić information content (AvgIpc) is 3.19. The molecule has 29 heavy (non-hydrogen) atoms. The quantitative estimate of drug-likeness (QED) is 0.456. The van der Waals surface area contributed by atoms with Crippen molar-refractivity contribution < 1.29 is 9.53 Å². The summed E-state index contributed by atoms with van der Waals surface area (Å²) < 4.78 is 5.20. The van der Waals surface area contributed by atoms with Crippen LogP contribution in [0.25, 0.3) is 10.9 Å². The lowest BCUT2D eigenvalue weighted by Crippen LogP contribution is -2.32. The Morgan fingerprint density at radius 1 is 1.14 bits per heavy atom. The Hall–Kier alpha value is -3.80. The second kappa shape index (κ2) is 8.48. The predicted molar refractivity (Wildman–Crippen MR) is 114 cm³/mol. The number of carbonyl (C=O) groups is 1. The second-order valence-corrected chi connectivity index (χ2v) is 6.70. The zero-order valence-corrected chi connectivity index (χ0v) is 16.1. The zero-order valence-electron chi connectivity index (χ0n) is 16.1. The van der Waals surface area contributed by atoms with E-state index in [-0.39, 0.29) is 11.9 Å². The molecule has 6 nitrogen and oxygen atoms in total. The van der Waals surface area contributed by atoms with Gasteiger partial charge in [-0.3, -0.25) is 4.98 Å². The molecule has 146 valence electrons. The molecule has 2 heterocycles. The van der Waals surface area contributed by atoms with Gasteiger partial charge in [0.2, 0.25) is 0 Å². The highest BCUT2D eigenvalue weighted by molar-refractivity contribution is 5.89. The first-order valence-corrected chi connectivity index (χ1v) is 9.39. The van der Waals surface area contributed by atoms with Gasteiger partial charge in [0.25, 0.3) is 0 Å². The van der Waals surface area contributed by atoms with Crippen molar-refractivity contribution in [1.29, 1.82) is 0 Å². The largest absolute Gasteiger partial charge is 0.497 e. The highest BCUT2D eigenvalue weighted by Crippen LogP contribution is 2.30. The molecule has 6 heteroatoms. The topological polar surface area (TPSA) is 79.0 Å². The van der Waals surface area contributed by atoms with Gasteiger partial charge in [0.15, 0.2) is 0 Å². The minimum absolute atomic E-state index is 0.0316. The van der Waals surface area contributed by atoms with Crippen LogP contribution in [0.3, 0.4) is 0 Å². The molecule has 4 aromatic rings. The van der Waals surface area contributed by atoms with Crippen LogP contribution >= 0.6 is 0 Å². The van der Waals surface area contributed by atoms with Crippen molar-refractivity contribution in [1.82, 2.24) is 15.3 Å². The number of aromatic amines is 1. The average molecular weight is 386 g/mol. The van der Waals surface area contributed by atoms with Crippen LogP contribution in [0.15, 0.2) is 79.3 Å². The molecule has 0 radical (unpaired) electrons. The summed E-state index contributed by atoms with van der Waals surface area (Å²) >= 11 is 0. The van der Waals surface area contributed by atoms with Crippen LogP contribution in [0.5, 0.6) is 5.75 Å². The number of para-hydroxylation sites is 1. The van der Waals surface area contributed by atoms with E-state index in [1.165, 1.54) is 0 Å². The number of methoxy groups -OCH3 is 1. The van der Waals surface area contributed by atoms with E-state index >= 15 is 0 Å². The number of anilines is 1. The third kappa shape index (κ3) is 4.21. The first kappa shape index (κ1) is 18.6. The van der Waals surface area contributed by atoms with Crippen molar-refractivity contribution in [3.63, 3.8) is 0 Å². The van der Waals surface area contributed by atoms with Crippen molar-refractivity contribution >= 4 is 22.6 Å². The Bertz CT molecular complexity index is 1110. The fraction of sp³-hybridized carbons (Fsp3) is 0.130. The number of hydrogen-bond donors (Lipinski definition) is 3. The number of rotatable bonds is 6. The van der Waals surface area contributed by atoms with E-state index in [4.69, 9.17) is 4.74 Å². The maximum atomic E-state index is 12.5. The monoisotopic (exact) mass is 386 g/mol. The van der Waals surface area contributed by atoms with E-state index in [0.29, 0.717) is 18.0 Å². The summed E-state index contributed by atoms with van der Waals surface area (Å²) in [4.78, 5) is 20.1. The summed E-state index contributed by atoms with van der Waals surface area (Å²) in [6.07, 6.45) is 5.59. The number of amides is 2. The molecule has 0 spiro atoms. The third-order valence-corrected chi connectivity index (χ3v) is 4.88. The summed E-state index contributed by atoms with van der Waals surface area (Å²) in [7, 11) is 1.60. The highest BCUT2D eigenvalue weighted by atomic mass is 16.5. The Morgan fingerprint density at radius 3 is 2.86 bits per heavy atom. The van der Waals surface area contributed by atoms with E-state index in [1.54, 1.807) is 19.4 Å². The first-order valence-electron chi connectivity index (χ1n) is 9.39. The summed E-state index contributed by atoms with van der Waals surface area (Å²) in [5.41, 5.74) is 3.90. The van der Waals surface area contributed by atoms with Gasteiger partial charge in [0.05, 0.1) is 7.11 Å². The lowest BCUT2D eigenvalue weighted by molar-refractivity contribution is 0.252. The molecule has 3 N–H and O–H groups in total. The van der Waals surface area contributed by atoms with Gasteiger partial charge in [-0.1, -0.05) is 30.3 Å². The summed E-state index contributed by atoms with van der Waals surface area (Å²) in [5, 5.41) is 6.98. The van der Waals surface area contributed by atoms with Crippen molar-refractivity contribution in [3.8, 4) is 5.75 Å². The lowest BCUT2D eigenvalue weighted by Gasteiger charge is -2.18. The first-order chi connectivity index (χ1) is 14.2. The molecule has 0 aliphatic rings. The molecule has 0 saturated carbocycles. The number of pyridine rings is 1. The Kier molecular flexibility index (Phi) is 5.42. The van der Waals surface area contributed by atoms with Crippen molar-refractivity contribution in [2.75, 3.05) is 19.0 Å². The smallest absolute Gasteiger partial charge is 0.319 e. The van der Waals surface area contributed by atoms with Gasteiger partial charge in [-0.05, 0) is 35.4 Å². The fourth-order valence-electron chi connectivity index (χ4n) is 3.44. The van der Waals surface area contributed by atoms with Crippen LogP contribution in [-0.4, -0.2) is 29.7 Å². The number of ether oxygens (including phenoxy) is 1. The van der Waals surface area contributed by atoms with E-state index in [2.05, 4.69) is 26.7 Å². The number of fused-ring (bicyclic) bond motifs is 1. The number of carbonyl (C=O) groups excluding carboxylic acids is 1. The molecule has 2 amide bonds. The Balaban J connectivity index is 1.54. The standard InChI is InChI=1S/C23H22N4O2/c1-29-18-8-4-7-17(12-18)27-23(28)26-14-20(16-6-5-11-24-13-16)21-15-25-22-10-3-2-9-19(21)22/h2-13,15,20,25H,14H2,1H3,(H2,26,27,28). The molecule has 0 saturated heterocycles. The highest BCUT2D eigenvalue weighted by Gasteiger charge is 2.19. The van der Waals surface area contributed by atoms with Crippen molar-refractivity contribution in [2.24, 2.45) is 0 Å². The summed E-state index contributed by atoms with van der Waals surface area (Å²) in [5.74, 6) is 0.658. The van der Waals surface area contributed by atoms with Crippen LogP contribution in [0, 0.1) is 0 Å². The molecule has 1 atom stereocenters. The molecule has 0 fully saturated rings. The molecular formula is C23H22N4O2. The van der Waals surface area contributed by atoms with E-state index in [1.807, 2.05) is 60.9 Å². The van der Waals surface area contributed by atoms with Gasteiger partial charge < -0.3 is 20.4 Å². The van der Waals surface area contributed by atoms with Gasteiger partial charge in [0, 0.05) is 53.7 Å². The number of nitrogens with one attached hydrogen (secondary N) is 3. The van der Waals surface area contributed by atoms with Crippen LogP contribution < -0.4 is 15.4 Å². The second-order valence-electron chi connectivity index (χ2n) is 6.70. The fourth-order valence-corrected chi connectivity index (χ4v) is 3.44. The van der Waals surface area contributed by atoms with Gasteiger partial charge in [-0.15, -0.1) is 0 Å². The van der Waals surface area contributed by atoms with Crippen molar-refractivity contribution in [2.45, 2.75) is 5.92 Å². The molecule has 0 bridgehead atoms. The molecule has 2 aromatic carbocycles. The van der Waals surface area contributed by atoms with Crippen LogP contribution in [0.2, 0.25) is 0 Å². The van der Waals surface area contributed by atoms with Gasteiger partial charge in [0.1, 0.15) is 5.75 Å². The SMILES string of the molecule is COc1cccc(NC(=O)NCC(c2cccnc2)c2c[nH]c3ccccc23)c1. The van der Waals surface area contributed by atoms with E-state index in [9.17, 15) is 4.79 Å². The van der Waals surface area contributed by atoms with E-state index in [0.717, 1.165) is 22.0 Å². The maximum absolute atomic E-state index is 12.5. The Labute approximate surface area is 168 Å². The summed E-state index contributed by atoms with van der Waals surface area (Å²) in [6, 6.07) is 19.1. The molecule has 0 aliphatic carbocycles. The summed E-state index contributed by atoms with van der Waals surface area (Å²) in [6.45, 7) is 0.434. The van der Waals surface area contributed by atoms with Crippen LogP contribution in [-0.2, 0) is 0 Å². The zero-order chi connectivity index (χ0) is 20.1. The minimum atomic E-state index is -0.271. The van der Waals surface area contributed by atoms with Crippen LogP contribution in [0.4, 0.5) is 10.5 Å². The van der Waals surface area contributed by atoms with Crippen LogP contribution in [0.1, 0.15) is 17.0 Å². The van der Waals surface area contributed by atoms with Crippen molar-refractivity contribution in [3.05, 3.63) is 90.4 Å². The maximum Gasteiger partial charge on any atom is 0.319 e. The van der Waals surface area contributed by atoms with E-state index < -0.39 is 0 Å². The number of H-pyrrole nitrogens is 1. The Morgan fingerprint density at radius 2 is 2.03 bits per heavy atom. The normalized spacial score (nSPS) is 11.8. The number of urea groups is 1. The third-order valence-electron chi connectivity index (χ3n) is 4.88.